The molecule has 25 heavy (non-hydrogen) atoms. The second-order valence-electron chi connectivity index (χ2n) is 7.09. The van der Waals surface area contributed by atoms with Crippen molar-refractivity contribution in [1.82, 2.24) is 0 Å². The van der Waals surface area contributed by atoms with Crippen LogP contribution in [0.15, 0.2) is 72.8 Å². The lowest BCUT2D eigenvalue weighted by Crippen LogP contribution is -2.13. The topological polar surface area (TPSA) is 3.24 Å². The van der Waals surface area contributed by atoms with Gasteiger partial charge in [-0.1, -0.05) is 56.1 Å². The lowest BCUT2D eigenvalue weighted by Gasteiger charge is -2.27. The zero-order valence-corrected chi connectivity index (χ0v) is 16.1. The third-order valence-corrected chi connectivity index (χ3v) is 4.67. The number of nitrogens with zero attached hydrogens (tertiary/aromatic N) is 1. The summed E-state index contributed by atoms with van der Waals surface area (Å²) in [6, 6.07) is 24.4. The van der Waals surface area contributed by atoms with Gasteiger partial charge in [-0.3, -0.25) is 0 Å². The largest absolute Gasteiger partial charge is 0.311 e. The first kappa shape index (κ1) is 17.8. The summed E-state index contributed by atoms with van der Waals surface area (Å²) < 4.78 is 0. The Balaban J connectivity index is 2.07. The highest BCUT2D eigenvalue weighted by molar-refractivity contribution is 6.31. The van der Waals surface area contributed by atoms with Crippen molar-refractivity contribution in [1.29, 1.82) is 0 Å². The number of rotatable bonds is 3. The fraction of sp³-hybridized carbons (Fsp3) is 0.182. The van der Waals surface area contributed by atoms with Crippen LogP contribution >= 0.6 is 23.2 Å². The van der Waals surface area contributed by atoms with E-state index in [-0.39, 0.29) is 5.41 Å². The first-order valence-corrected chi connectivity index (χ1v) is 9.02. The van der Waals surface area contributed by atoms with E-state index in [9.17, 15) is 0 Å². The van der Waals surface area contributed by atoms with Crippen molar-refractivity contribution in [2.75, 3.05) is 4.90 Å². The normalized spacial score (nSPS) is 11.4. The second kappa shape index (κ2) is 7.11. The van der Waals surface area contributed by atoms with Crippen molar-refractivity contribution in [3.63, 3.8) is 0 Å². The van der Waals surface area contributed by atoms with Crippen LogP contribution in [-0.2, 0) is 5.41 Å². The minimum atomic E-state index is 0.129. The van der Waals surface area contributed by atoms with Gasteiger partial charge in [0, 0.05) is 27.1 Å². The van der Waals surface area contributed by atoms with Crippen molar-refractivity contribution in [3.8, 4) is 0 Å². The van der Waals surface area contributed by atoms with E-state index in [1.54, 1.807) is 0 Å². The molecule has 3 rings (SSSR count). The van der Waals surface area contributed by atoms with E-state index in [1.165, 1.54) is 5.56 Å². The van der Waals surface area contributed by atoms with E-state index in [1.807, 2.05) is 48.5 Å². The monoisotopic (exact) mass is 369 g/mol. The van der Waals surface area contributed by atoms with E-state index in [0.29, 0.717) is 0 Å². The standard InChI is InChI=1S/C22H21Cl2N/c1-22(2,3)16-4-10-19(11-5-16)25(20-12-6-17(23)7-13-20)21-14-8-18(24)9-15-21/h4-15H,1-3H3. The zero-order valence-electron chi connectivity index (χ0n) is 14.6. The van der Waals surface area contributed by atoms with Crippen molar-refractivity contribution in [2.24, 2.45) is 0 Å². The summed E-state index contributed by atoms with van der Waals surface area (Å²) in [7, 11) is 0. The molecule has 0 saturated heterocycles. The van der Waals surface area contributed by atoms with E-state index in [0.717, 1.165) is 27.1 Å². The maximum Gasteiger partial charge on any atom is 0.0462 e. The Hall–Kier alpha value is -1.96. The molecule has 0 heterocycles. The summed E-state index contributed by atoms with van der Waals surface area (Å²) >= 11 is 12.1. The van der Waals surface area contributed by atoms with E-state index < -0.39 is 0 Å². The van der Waals surface area contributed by atoms with Crippen LogP contribution in [0.4, 0.5) is 17.1 Å². The van der Waals surface area contributed by atoms with Gasteiger partial charge in [-0.2, -0.15) is 0 Å². The summed E-state index contributed by atoms with van der Waals surface area (Å²) in [5.74, 6) is 0. The maximum absolute atomic E-state index is 6.06. The van der Waals surface area contributed by atoms with Crippen LogP contribution in [0.1, 0.15) is 26.3 Å². The smallest absolute Gasteiger partial charge is 0.0462 e. The second-order valence-corrected chi connectivity index (χ2v) is 7.96. The molecular formula is C22H21Cl2N. The van der Waals surface area contributed by atoms with E-state index in [4.69, 9.17) is 23.2 Å². The van der Waals surface area contributed by atoms with Gasteiger partial charge >= 0.3 is 0 Å². The van der Waals surface area contributed by atoms with Crippen molar-refractivity contribution < 1.29 is 0 Å². The van der Waals surface area contributed by atoms with Crippen LogP contribution in [0.25, 0.3) is 0 Å². The molecule has 0 unspecified atom stereocenters. The Kier molecular flexibility index (Phi) is 5.08. The van der Waals surface area contributed by atoms with Gasteiger partial charge in [0.1, 0.15) is 0 Å². The van der Waals surface area contributed by atoms with E-state index in [2.05, 4.69) is 49.9 Å². The molecule has 0 N–H and O–H groups in total. The van der Waals surface area contributed by atoms with Crippen LogP contribution in [0.3, 0.4) is 0 Å². The predicted octanol–water partition coefficient (Wildman–Crippen LogP) is 7.76. The van der Waals surface area contributed by atoms with Crippen molar-refractivity contribution in [3.05, 3.63) is 88.4 Å². The summed E-state index contributed by atoms with van der Waals surface area (Å²) in [4.78, 5) is 2.19. The van der Waals surface area contributed by atoms with Gasteiger partial charge in [0.2, 0.25) is 0 Å². The predicted molar refractivity (Wildman–Crippen MR) is 110 cm³/mol. The number of hydrogen-bond donors (Lipinski definition) is 0. The first-order valence-electron chi connectivity index (χ1n) is 8.26. The highest BCUT2D eigenvalue weighted by Gasteiger charge is 2.16. The molecule has 1 nitrogen and oxygen atoms in total. The minimum absolute atomic E-state index is 0.129. The molecular weight excluding hydrogens is 349 g/mol. The van der Waals surface area contributed by atoms with Gasteiger partial charge in [-0.25, -0.2) is 0 Å². The summed E-state index contributed by atoms with van der Waals surface area (Å²) in [6.07, 6.45) is 0. The number of hydrogen-bond acceptors (Lipinski definition) is 1. The Labute approximate surface area is 159 Å². The molecule has 0 bridgehead atoms. The number of anilines is 3. The third kappa shape index (κ3) is 4.18. The molecule has 0 saturated carbocycles. The van der Waals surface area contributed by atoms with Crippen LogP contribution in [0.5, 0.6) is 0 Å². The molecule has 0 aliphatic carbocycles. The molecule has 0 spiro atoms. The van der Waals surface area contributed by atoms with Crippen LogP contribution in [-0.4, -0.2) is 0 Å². The Morgan fingerprint density at radius 3 is 1.20 bits per heavy atom. The number of halogens is 2. The van der Waals surface area contributed by atoms with Gasteiger partial charge in [0.25, 0.3) is 0 Å². The van der Waals surface area contributed by atoms with Gasteiger partial charge < -0.3 is 4.90 Å². The van der Waals surface area contributed by atoms with Crippen LogP contribution in [0, 0.1) is 0 Å². The average molecular weight is 370 g/mol. The zero-order chi connectivity index (χ0) is 18.0. The molecule has 3 aromatic carbocycles. The third-order valence-electron chi connectivity index (χ3n) is 4.16. The number of benzene rings is 3. The lowest BCUT2D eigenvalue weighted by atomic mass is 9.87. The fourth-order valence-corrected chi connectivity index (χ4v) is 2.99. The first-order chi connectivity index (χ1) is 11.8. The Morgan fingerprint density at radius 1 is 0.560 bits per heavy atom. The van der Waals surface area contributed by atoms with Gasteiger partial charge in [0.15, 0.2) is 0 Å². The maximum atomic E-state index is 6.06. The van der Waals surface area contributed by atoms with Crippen molar-refractivity contribution in [2.45, 2.75) is 26.2 Å². The molecule has 0 atom stereocenters. The van der Waals surface area contributed by atoms with Crippen LogP contribution < -0.4 is 4.90 Å². The molecule has 0 radical (unpaired) electrons. The summed E-state index contributed by atoms with van der Waals surface area (Å²) in [6.45, 7) is 6.66. The molecule has 3 heteroatoms. The molecule has 3 aromatic rings. The van der Waals surface area contributed by atoms with E-state index >= 15 is 0 Å². The Morgan fingerprint density at radius 2 is 0.880 bits per heavy atom. The van der Waals surface area contributed by atoms with Crippen molar-refractivity contribution >= 4 is 40.3 Å². The van der Waals surface area contributed by atoms with Gasteiger partial charge in [0.05, 0.1) is 0 Å². The summed E-state index contributed by atoms with van der Waals surface area (Å²) in [5.41, 5.74) is 4.63. The molecule has 0 aliphatic rings. The highest BCUT2D eigenvalue weighted by atomic mass is 35.5. The lowest BCUT2D eigenvalue weighted by molar-refractivity contribution is 0.590. The molecule has 0 aliphatic heterocycles. The fourth-order valence-electron chi connectivity index (χ4n) is 2.74. The quantitative estimate of drug-likeness (QED) is 0.455. The van der Waals surface area contributed by atoms with Gasteiger partial charge in [-0.15, -0.1) is 0 Å². The molecule has 0 fully saturated rings. The Bertz CT molecular complexity index is 784. The SMILES string of the molecule is CC(C)(C)c1ccc(N(c2ccc(Cl)cc2)c2ccc(Cl)cc2)cc1. The average Bonchev–Trinajstić information content (AvgIpc) is 2.58. The molecule has 128 valence electrons. The molecule has 0 aromatic heterocycles. The van der Waals surface area contributed by atoms with Gasteiger partial charge in [-0.05, 0) is 71.6 Å². The molecule has 0 amide bonds. The van der Waals surface area contributed by atoms with Crippen LogP contribution in [0.2, 0.25) is 10.0 Å². The highest BCUT2D eigenvalue weighted by Crippen LogP contribution is 2.36. The summed E-state index contributed by atoms with van der Waals surface area (Å²) in [5, 5.41) is 1.45. The minimum Gasteiger partial charge on any atom is -0.311 e.